The highest BCUT2D eigenvalue weighted by atomic mass is 16.5. The molecule has 1 aromatic rings. The number of carbonyl (C=O) groups is 2. The van der Waals surface area contributed by atoms with Crippen LogP contribution in [0.5, 0.6) is 0 Å². The smallest absolute Gasteiger partial charge is 0.302 e. The third-order valence-corrected chi connectivity index (χ3v) is 2.98. The fourth-order valence-electron chi connectivity index (χ4n) is 1.77. The van der Waals surface area contributed by atoms with Crippen LogP contribution in [0.1, 0.15) is 35.7 Å². The molecule has 0 aliphatic carbocycles. The molecule has 1 atom stereocenters. The van der Waals surface area contributed by atoms with Crippen molar-refractivity contribution in [1.82, 2.24) is 0 Å². The number of ketones is 1. The number of amidine groups is 1. The van der Waals surface area contributed by atoms with E-state index in [2.05, 4.69) is 5.16 Å². The Labute approximate surface area is 127 Å². The zero-order valence-electron chi connectivity index (χ0n) is 12.1. The molecule has 22 heavy (non-hydrogen) atoms. The van der Waals surface area contributed by atoms with Gasteiger partial charge in [0.1, 0.15) is 0 Å². The second kappa shape index (κ2) is 8.56. The van der Waals surface area contributed by atoms with Crippen LogP contribution in [0.4, 0.5) is 0 Å². The molecule has 0 spiro atoms. The van der Waals surface area contributed by atoms with Gasteiger partial charge in [-0.1, -0.05) is 29.4 Å². The van der Waals surface area contributed by atoms with E-state index < -0.39 is 11.9 Å². The first-order valence-corrected chi connectivity index (χ1v) is 6.60. The van der Waals surface area contributed by atoms with Crippen LogP contribution in [0.25, 0.3) is 0 Å². The number of rotatable bonds is 8. The Morgan fingerprint density at radius 1 is 1.32 bits per heavy atom. The highest BCUT2D eigenvalue weighted by Crippen LogP contribution is 2.13. The van der Waals surface area contributed by atoms with Crippen molar-refractivity contribution in [3.8, 4) is 0 Å². The molecule has 0 heterocycles. The Morgan fingerprint density at radius 3 is 2.41 bits per heavy atom. The van der Waals surface area contributed by atoms with Crippen LogP contribution in [0, 0.1) is 5.92 Å². The summed E-state index contributed by atoms with van der Waals surface area (Å²) in [6.45, 7) is 1.35. The van der Waals surface area contributed by atoms with E-state index in [9.17, 15) is 14.4 Å². The summed E-state index contributed by atoms with van der Waals surface area (Å²) in [5, 5.41) is 11.4. The van der Waals surface area contributed by atoms with E-state index in [0.29, 0.717) is 11.1 Å². The molecule has 0 bridgehead atoms. The Bertz CT molecular complexity index is 566. The minimum atomic E-state index is -0.629. The van der Waals surface area contributed by atoms with Gasteiger partial charge in [0.15, 0.2) is 11.6 Å². The predicted octanol–water partition coefficient (Wildman–Crippen LogP) is 1.03. The zero-order chi connectivity index (χ0) is 16.5. The third-order valence-electron chi connectivity index (χ3n) is 2.98. The molecular formula is C15H17N2O5. The largest absolute Gasteiger partial charge is 0.466 e. The third kappa shape index (κ3) is 5.35. The summed E-state index contributed by atoms with van der Waals surface area (Å²) in [4.78, 5) is 33.6. The van der Waals surface area contributed by atoms with Gasteiger partial charge in [-0.15, -0.1) is 0 Å². The number of esters is 1. The molecule has 117 valence electrons. The van der Waals surface area contributed by atoms with Crippen LogP contribution < -0.4 is 5.73 Å². The van der Waals surface area contributed by atoms with Crippen molar-refractivity contribution in [2.45, 2.75) is 19.8 Å². The van der Waals surface area contributed by atoms with Gasteiger partial charge in [0.05, 0.1) is 6.61 Å². The van der Waals surface area contributed by atoms with Crippen LogP contribution in [-0.2, 0) is 14.3 Å². The fourth-order valence-corrected chi connectivity index (χ4v) is 1.77. The number of nitrogens with two attached hydrogens (primary N) is 1. The number of carbonyl (C=O) groups excluding carboxylic acids is 3. The van der Waals surface area contributed by atoms with Gasteiger partial charge in [-0.3, -0.25) is 14.4 Å². The maximum Gasteiger partial charge on any atom is 0.302 e. The van der Waals surface area contributed by atoms with Gasteiger partial charge < -0.3 is 15.7 Å². The molecule has 0 aromatic heterocycles. The minimum Gasteiger partial charge on any atom is -0.466 e. The number of hydrogen-bond donors (Lipinski definition) is 2. The Hall–Kier alpha value is -2.70. The standard InChI is InChI=1S/C15H17N2O5/c1-10(19)22-7-6-11(9-18)8-14(20)12-2-4-13(5-3-12)15(16)17-21/h2-5,11,21H,6-8H2,1H3,(H2,16,17). The number of Topliss-reactive ketones (excluding diaryl/α,β-unsaturated/α-hetero) is 1. The summed E-state index contributed by atoms with van der Waals surface area (Å²) in [6.07, 6.45) is 2.01. The van der Waals surface area contributed by atoms with E-state index in [-0.39, 0.29) is 31.1 Å². The van der Waals surface area contributed by atoms with Crippen molar-refractivity contribution in [2.75, 3.05) is 6.61 Å². The zero-order valence-corrected chi connectivity index (χ0v) is 12.1. The SMILES string of the molecule is CC(=O)OCCC([C]=O)CC(=O)c1ccc(C(N)=NO)cc1. The number of hydrogen-bond acceptors (Lipinski definition) is 6. The maximum absolute atomic E-state index is 12.1. The predicted molar refractivity (Wildman–Crippen MR) is 78.3 cm³/mol. The van der Waals surface area contributed by atoms with E-state index in [1.165, 1.54) is 19.1 Å². The van der Waals surface area contributed by atoms with E-state index in [0.717, 1.165) is 0 Å². The molecule has 7 nitrogen and oxygen atoms in total. The topological polar surface area (TPSA) is 119 Å². The molecule has 1 radical (unpaired) electrons. The van der Waals surface area contributed by atoms with Gasteiger partial charge in [0.25, 0.3) is 0 Å². The van der Waals surface area contributed by atoms with Gasteiger partial charge in [0.2, 0.25) is 6.29 Å². The molecule has 1 unspecified atom stereocenters. The molecule has 0 fully saturated rings. The molecule has 1 aromatic carbocycles. The van der Waals surface area contributed by atoms with Gasteiger partial charge in [-0.2, -0.15) is 0 Å². The lowest BCUT2D eigenvalue weighted by atomic mass is 9.96. The number of benzene rings is 1. The van der Waals surface area contributed by atoms with E-state index in [1.807, 2.05) is 0 Å². The van der Waals surface area contributed by atoms with Crippen molar-refractivity contribution in [1.29, 1.82) is 0 Å². The molecule has 0 amide bonds. The summed E-state index contributed by atoms with van der Waals surface area (Å²) in [5.41, 5.74) is 6.31. The van der Waals surface area contributed by atoms with Crippen molar-refractivity contribution in [3.63, 3.8) is 0 Å². The van der Waals surface area contributed by atoms with Crippen molar-refractivity contribution >= 4 is 23.9 Å². The lowest BCUT2D eigenvalue weighted by Gasteiger charge is -2.09. The Balaban J connectivity index is 2.62. The average Bonchev–Trinajstić information content (AvgIpc) is 2.52. The van der Waals surface area contributed by atoms with Crippen molar-refractivity contribution in [3.05, 3.63) is 35.4 Å². The number of nitrogens with zero attached hydrogens (tertiary/aromatic N) is 1. The summed E-state index contributed by atoms with van der Waals surface area (Å²) in [7, 11) is 0. The van der Waals surface area contributed by atoms with Gasteiger partial charge >= 0.3 is 5.97 Å². The van der Waals surface area contributed by atoms with E-state index >= 15 is 0 Å². The second-order valence-corrected chi connectivity index (χ2v) is 4.63. The summed E-state index contributed by atoms with van der Waals surface area (Å²) in [6, 6.07) is 6.15. The monoisotopic (exact) mass is 305 g/mol. The fraction of sp³-hybridized carbons (Fsp3) is 0.333. The summed E-state index contributed by atoms with van der Waals surface area (Å²) >= 11 is 0. The molecular weight excluding hydrogens is 288 g/mol. The maximum atomic E-state index is 12.1. The first kappa shape index (κ1) is 17.4. The molecule has 0 saturated carbocycles. The van der Waals surface area contributed by atoms with Gasteiger partial charge in [-0.25, -0.2) is 0 Å². The first-order chi connectivity index (χ1) is 10.5. The minimum absolute atomic E-state index is 0.0202. The van der Waals surface area contributed by atoms with Crippen LogP contribution in [-0.4, -0.2) is 35.7 Å². The Kier molecular flexibility index (Phi) is 6.75. The summed E-state index contributed by atoms with van der Waals surface area (Å²) in [5.74, 6) is -1.35. The molecule has 0 saturated heterocycles. The van der Waals surface area contributed by atoms with Crippen LogP contribution in [0.2, 0.25) is 0 Å². The number of oxime groups is 1. The average molecular weight is 305 g/mol. The number of ether oxygens (including phenoxy) is 1. The lowest BCUT2D eigenvalue weighted by Crippen LogP contribution is -2.15. The first-order valence-electron chi connectivity index (χ1n) is 6.60. The highest BCUT2D eigenvalue weighted by Gasteiger charge is 2.16. The molecule has 0 aliphatic rings. The highest BCUT2D eigenvalue weighted by molar-refractivity contribution is 6.00. The quantitative estimate of drug-likeness (QED) is 0.185. The lowest BCUT2D eigenvalue weighted by molar-refractivity contribution is -0.141. The van der Waals surface area contributed by atoms with Crippen LogP contribution in [0.3, 0.4) is 0 Å². The molecule has 7 heteroatoms. The second-order valence-electron chi connectivity index (χ2n) is 4.63. The van der Waals surface area contributed by atoms with E-state index in [1.54, 1.807) is 18.4 Å². The van der Waals surface area contributed by atoms with Crippen LogP contribution >= 0.6 is 0 Å². The van der Waals surface area contributed by atoms with Crippen molar-refractivity contribution < 1.29 is 24.3 Å². The molecule has 0 aliphatic heterocycles. The van der Waals surface area contributed by atoms with Crippen molar-refractivity contribution in [2.24, 2.45) is 16.8 Å². The molecule has 1 rings (SSSR count). The molecule has 3 N–H and O–H groups in total. The Morgan fingerprint density at radius 2 is 1.91 bits per heavy atom. The van der Waals surface area contributed by atoms with Crippen LogP contribution in [0.15, 0.2) is 29.4 Å². The van der Waals surface area contributed by atoms with Gasteiger partial charge in [-0.05, 0) is 6.42 Å². The summed E-state index contributed by atoms with van der Waals surface area (Å²) < 4.78 is 4.74. The normalized spacial score (nSPS) is 12.5. The van der Waals surface area contributed by atoms with E-state index in [4.69, 9.17) is 15.7 Å². The van der Waals surface area contributed by atoms with Gasteiger partial charge in [0, 0.05) is 30.4 Å².